The average molecular weight is 330 g/mol. The fourth-order valence-corrected chi connectivity index (χ4v) is 5.83. The van der Waals surface area contributed by atoms with Crippen molar-refractivity contribution in [2.45, 2.75) is 38.1 Å². The molecule has 0 spiro atoms. The minimum Gasteiger partial charge on any atom is -0.481 e. The van der Waals surface area contributed by atoms with Gasteiger partial charge in [-0.1, -0.05) is 6.42 Å². The normalized spacial score (nSPS) is 36.8. The second kappa shape index (κ2) is 5.40. The Bertz CT molecular complexity index is 590. The van der Waals surface area contributed by atoms with Gasteiger partial charge in [-0.3, -0.25) is 4.79 Å². The van der Waals surface area contributed by atoms with Gasteiger partial charge in [0.2, 0.25) is 0 Å². The second-order valence-corrected chi connectivity index (χ2v) is 9.06. The molecule has 2 N–H and O–H groups in total. The van der Waals surface area contributed by atoms with Crippen molar-refractivity contribution in [2.75, 3.05) is 24.6 Å². The predicted molar refractivity (Wildman–Crippen MR) is 79.2 cm³/mol. The molecule has 2 saturated heterocycles. The number of rotatable bonds is 2. The number of carbonyl (C=O) groups excluding carboxylic acids is 1. The number of nitrogens with zero attached hydrogens (tertiary/aromatic N) is 1. The molecule has 2 amide bonds. The van der Waals surface area contributed by atoms with Crippen LogP contribution in [0.2, 0.25) is 0 Å². The van der Waals surface area contributed by atoms with E-state index in [1.807, 2.05) is 0 Å². The van der Waals surface area contributed by atoms with Crippen molar-refractivity contribution in [1.29, 1.82) is 0 Å². The number of hydrogen-bond acceptors (Lipinski definition) is 4. The topological polar surface area (TPSA) is 104 Å². The first-order valence-electron chi connectivity index (χ1n) is 7.82. The van der Waals surface area contributed by atoms with Gasteiger partial charge in [0.05, 0.1) is 16.9 Å². The Morgan fingerprint density at radius 3 is 2.64 bits per heavy atom. The third-order valence-corrected chi connectivity index (χ3v) is 7.20. The molecular formula is C14H22N2O5S. The van der Waals surface area contributed by atoms with Crippen molar-refractivity contribution in [2.24, 2.45) is 11.3 Å². The highest BCUT2D eigenvalue weighted by Crippen LogP contribution is 2.48. The summed E-state index contributed by atoms with van der Waals surface area (Å²) in [7, 11) is -3.07. The maximum Gasteiger partial charge on any atom is 0.317 e. The van der Waals surface area contributed by atoms with E-state index in [2.05, 4.69) is 5.32 Å². The number of carboxylic acid groups (broad SMARTS) is 1. The fourth-order valence-electron chi connectivity index (χ4n) is 4.20. The number of hydrogen-bond donors (Lipinski definition) is 2. The Kier molecular flexibility index (Phi) is 3.82. The molecular weight excluding hydrogens is 308 g/mol. The van der Waals surface area contributed by atoms with Crippen LogP contribution in [0.25, 0.3) is 0 Å². The molecule has 124 valence electrons. The predicted octanol–water partition coefficient (Wildman–Crippen LogP) is 0.460. The van der Waals surface area contributed by atoms with E-state index in [0.29, 0.717) is 25.8 Å². The van der Waals surface area contributed by atoms with Crippen molar-refractivity contribution >= 4 is 21.8 Å². The Labute approximate surface area is 130 Å². The largest absolute Gasteiger partial charge is 0.481 e. The number of aliphatic carboxylic acids is 1. The minimum absolute atomic E-state index is 0.0138. The number of urea groups is 1. The number of sulfone groups is 1. The van der Waals surface area contributed by atoms with Crippen LogP contribution in [0.5, 0.6) is 0 Å². The lowest BCUT2D eigenvalue weighted by molar-refractivity contribution is -0.149. The lowest BCUT2D eigenvalue weighted by atomic mass is 9.81. The lowest BCUT2D eigenvalue weighted by Crippen LogP contribution is -2.49. The van der Waals surface area contributed by atoms with E-state index < -0.39 is 21.2 Å². The first kappa shape index (κ1) is 15.6. The number of nitrogens with one attached hydrogen (secondary N) is 1. The third kappa shape index (κ3) is 2.68. The van der Waals surface area contributed by atoms with Gasteiger partial charge >= 0.3 is 12.0 Å². The van der Waals surface area contributed by atoms with Gasteiger partial charge in [-0.25, -0.2) is 13.2 Å². The van der Waals surface area contributed by atoms with E-state index in [4.69, 9.17) is 0 Å². The summed E-state index contributed by atoms with van der Waals surface area (Å²) in [4.78, 5) is 25.5. The number of amides is 2. The molecule has 8 heteroatoms. The Morgan fingerprint density at radius 2 is 2.00 bits per heavy atom. The molecule has 3 fully saturated rings. The number of likely N-dealkylation sites (tertiary alicyclic amines) is 1. The van der Waals surface area contributed by atoms with E-state index in [9.17, 15) is 23.1 Å². The summed E-state index contributed by atoms with van der Waals surface area (Å²) in [5.74, 6) is -0.621. The van der Waals surface area contributed by atoms with Gasteiger partial charge in [0.15, 0.2) is 9.84 Å². The van der Waals surface area contributed by atoms with Crippen molar-refractivity contribution in [3.63, 3.8) is 0 Å². The SMILES string of the molecule is O=C(NC1CCCS(=O)(=O)C1)N1C[C@@H]2CCC[C@@]2(C(=O)O)C1. The molecule has 0 aromatic carbocycles. The summed E-state index contributed by atoms with van der Waals surface area (Å²) < 4.78 is 23.2. The fraction of sp³-hybridized carbons (Fsp3) is 0.857. The van der Waals surface area contributed by atoms with Crippen LogP contribution in [0.3, 0.4) is 0 Å². The summed E-state index contributed by atoms with van der Waals surface area (Å²) in [5.41, 5.74) is -0.796. The summed E-state index contributed by atoms with van der Waals surface area (Å²) >= 11 is 0. The van der Waals surface area contributed by atoms with Crippen LogP contribution in [-0.4, -0.2) is 61.1 Å². The maximum atomic E-state index is 12.3. The molecule has 7 nitrogen and oxygen atoms in total. The van der Waals surface area contributed by atoms with Gasteiger partial charge in [-0.05, 0) is 31.6 Å². The van der Waals surface area contributed by atoms with E-state index >= 15 is 0 Å². The molecule has 1 saturated carbocycles. The highest BCUT2D eigenvalue weighted by atomic mass is 32.2. The molecule has 1 aliphatic carbocycles. The maximum absolute atomic E-state index is 12.3. The quantitative estimate of drug-likeness (QED) is 0.765. The molecule has 0 bridgehead atoms. The Morgan fingerprint density at radius 1 is 1.23 bits per heavy atom. The van der Waals surface area contributed by atoms with E-state index in [1.165, 1.54) is 0 Å². The molecule has 0 aromatic rings. The molecule has 3 atom stereocenters. The van der Waals surface area contributed by atoms with Crippen molar-refractivity contribution < 1.29 is 23.1 Å². The lowest BCUT2D eigenvalue weighted by Gasteiger charge is -2.27. The molecule has 0 radical (unpaired) electrons. The smallest absolute Gasteiger partial charge is 0.317 e. The molecule has 3 aliphatic rings. The van der Waals surface area contributed by atoms with Gasteiger partial charge in [0.25, 0.3) is 0 Å². The first-order chi connectivity index (χ1) is 10.3. The van der Waals surface area contributed by atoms with Gasteiger partial charge in [0, 0.05) is 19.1 Å². The van der Waals surface area contributed by atoms with Crippen LogP contribution >= 0.6 is 0 Å². The van der Waals surface area contributed by atoms with E-state index in [0.717, 1.165) is 12.8 Å². The number of carboxylic acids is 1. The molecule has 2 aliphatic heterocycles. The Balaban J connectivity index is 1.64. The molecule has 1 unspecified atom stereocenters. The van der Waals surface area contributed by atoms with Crippen molar-refractivity contribution in [1.82, 2.24) is 10.2 Å². The zero-order valence-electron chi connectivity index (χ0n) is 12.5. The zero-order chi connectivity index (χ0) is 16.0. The van der Waals surface area contributed by atoms with Crippen LogP contribution in [0.1, 0.15) is 32.1 Å². The minimum atomic E-state index is -3.07. The van der Waals surface area contributed by atoms with Crippen molar-refractivity contribution in [3.05, 3.63) is 0 Å². The van der Waals surface area contributed by atoms with Gasteiger partial charge in [-0.15, -0.1) is 0 Å². The highest BCUT2D eigenvalue weighted by molar-refractivity contribution is 7.91. The molecule has 3 rings (SSSR count). The highest BCUT2D eigenvalue weighted by Gasteiger charge is 2.55. The van der Waals surface area contributed by atoms with Crippen molar-refractivity contribution in [3.8, 4) is 0 Å². The molecule has 22 heavy (non-hydrogen) atoms. The average Bonchev–Trinajstić information content (AvgIpc) is 2.94. The van der Waals surface area contributed by atoms with Crippen LogP contribution in [0.15, 0.2) is 0 Å². The number of carbonyl (C=O) groups is 2. The molecule has 0 aromatic heterocycles. The first-order valence-corrected chi connectivity index (χ1v) is 9.64. The summed E-state index contributed by atoms with van der Waals surface area (Å²) in [6, 6.07) is -0.676. The van der Waals surface area contributed by atoms with Crippen LogP contribution in [0.4, 0.5) is 4.79 Å². The summed E-state index contributed by atoms with van der Waals surface area (Å²) in [6.07, 6.45) is 3.58. The number of fused-ring (bicyclic) bond motifs is 1. The van der Waals surface area contributed by atoms with Gasteiger partial charge < -0.3 is 15.3 Å². The van der Waals surface area contributed by atoms with Crippen LogP contribution in [0, 0.1) is 11.3 Å². The molecule has 2 heterocycles. The van der Waals surface area contributed by atoms with E-state index in [-0.39, 0.29) is 36.0 Å². The monoisotopic (exact) mass is 330 g/mol. The zero-order valence-corrected chi connectivity index (χ0v) is 13.3. The Hall–Kier alpha value is -1.31. The van der Waals surface area contributed by atoms with Gasteiger partial charge in [-0.2, -0.15) is 0 Å². The van der Waals surface area contributed by atoms with Crippen LogP contribution in [-0.2, 0) is 14.6 Å². The second-order valence-electron chi connectivity index (χ2n) is 6.83. The standard InChI is InChI=1S/C14H22N2O5S/c17-12(18)14-5-1-3-10(14)7-16(9-14)13(19)15-11-4-2-6-22(20,21)8-11/h10-11H,1-9H2,(H,15,19)(H,17,18)/t10-,11?,14+/m0/s1. The van der Waals surface area contributed by atoms with E-state index in [1.54, 1.807) is 4.90 Å². The third-order valence-electron chi connectivity index (χ3n) is 5.37. The van der Waals surface area contributed by atoms with Gasteiger partial charge in [0.1, 0.15) is 0 Å². The summed E-state index contributed by atoms with van der Waals surface area (Å²) in [6.45, 7) is 0.690. The summed E-state index contributed by atoms with van der Waals surface area (Å²) in [5, 5.41) is 12.3. The van der Waals surface area contributed by atoms with Crippen LogP contribution < -0.4 is 5.32 Å².